The molecule has 1 aliphatic rings. The van der Waals surface area contributed by atoms with E-state index in [-0.39, 0.29) is 5.91 Å². The maximum atomic E-state index is 11.1. The smallest absolute Gasteiger partial charge is 0.318 e. The lowest BCUT2D eigenvalue weighted by atomic mass is 9.93. The number of nitrogens with two attached hydrogens (primary N) is 1. The summed E-state index contributed by atoms with van der Waals surface area (Å²) in [5, 5.41) is 5.33. The van der Waals surface area contributed by atoms with Crippen molar-refractivity contribution in [3.05, 3.63) is 0 Å². The van der Waals surface area contributed by atoms with Crippen LogP contribution in [0.1, 0.15) is 25.7 Å². The van der Waals surface area contributed by atoms with E-state index < -0.39 is 6.03 Å². The summed E-state index contributed by atoms with van der Waals surface area (Å²) in [4.78, 5) is 21.4. The molecule has 5 nitrogen and oxygen atoms in total. The van der Waals surface area contributed by atoms with Gasteiger partial charge >= 0.3 is 6.03 Å². The van der Waals surface area contributed by atoms with Crippen LogP contribution in [-0.4, -0.2) is 25.0 Å². The Bertz CT molecular complexity index is 212. The van der Waals surface area contributed by atoms with Gasteiger partial charge in [0, 0.05) is 6.42 Å². The molecular formula is C9H17N3O2. The molecule has 0 aromatic heterocycles. The summed E-state index contributed by atoms with van der Waals surface area (Å²) in [6, 6.07) is -0.764. The highest BCUT2D eigenvalue weighted by Gasteiger charge is 2.14. The zero-order valence-corrected chi connectivity index (χ0v) is 8.21. The SMILES string of the molecule is NC(=O)NC(=O)CCC1CCNCC1. The number of urea groups is 1. The number of hydrogen-bond acceptors (Lipinski definition) is 3. The minimum absolute atomic E-state index is 0.268. The Labute approximate surface area is 83.4 Å². The minimum Gasteiger partial charge on any atom is -0.351 e. The molecule has 0 atom stereocenters. The number of rotatable bonds is 3. The van der Waals surface area contributed by atoms with Gasteiger partial charge in [-0.2, -0.15) is 0 Å². The molecule has 0 aliphatic carbocycles. The van der Waals surface area contributed by atoms with Crippen LogP contribution >= 0.6 is 0 Å². The zero-order chi connectivity index (χ0) is 10.4. The molecule has 80 valence electrons. The lowest BCUT2D eigenvalue weighted by Crippen LogP contribution is -2.35. The molecule has 1 fully saturated rings. The number of carbonyl (C=O) groups is 2. The van der Waals surface area contributed by atoms with Crippen LogP contribution < -0.4 is 16.4 Å². The van der Waals surface area contributed by atoms with Crippen LogP contribution in [0.15, 0.2) is 0 Å². The van der Waals surface area contributed by atoms with E-state index in [2.05, 4.69) is 10.6 Å². The van der Waals surface area contributed by atoms with Gasteiger partial charge in [-0.25, -0.2) is 4.79 Å². The van der Waals surface area contributed by atoms with Crippen LogP contribution in [0.25, 0.3) is 0 Å². The van der Waals surface area contributed by atoms with Crippen molar-refractivity contribution in [2.24, 2.45) is 11.7 Å². The van der Waals surface area contributed by atoms with Crippen LogP contribution in [0.3, 0.4) is 0 Å². The van der Waals surface area contributed by atoms with Gasteiger partial charge in [0.2, 0.25) is 5.91 Å². The van der Waals surface area contributed by atoms with Gasteiger partial charge in [-0.15, -0.1) is 0 Å². The summed E-state index contributed by atoms with van der Waals surface area (Å²) in [6.07, 6.45) is 3.47. The largest absolute Gasteiger partial charge is 0.351 e. The number of piperidine rings is 1. The van der Waals surface area contributed by atoms with E-state index in [0.29, 0.717) is 12.3 Å². The standard InChI is InChI=1S/C9H17N3O2/c10-9(14)12-8(13)2-1-7-3-5-11-6-4-7/h7,11H,1-6H2,(H3,10,12,13,14). The molecule has 4 N–H and O–H groups in total. The molecule has 0 unspecified atom stereocenters. The maximum absolute atomic E-state index is 11.1. The maximum Gasteiger partial charge on any atom is 0.318 e. The quantitative estimate of drug-likeness (QED) is 0.596. The van der Waals surface area contributed by atoms with Crippen LogP contribution in [0, 0.1) is 5.92 Å². The molecule has 0 bridgehead atoms. The first-order valence-electron chi connectivity index (χ1n) is 4.98. The third kappa shape index (κ3) is 4.23. The van der Waals surface area contributed by atoms with Gasteiger partial charge in [0.05, 0.1) is 0 Å². The first-order valence-corrected chi connectivity index (χ1v) is 4.98. The summed E-state index contributed by atoms with van der Waals surface area (Å²) < 4.78 is 0. The molecule has 14 heavy (non-hydrogen) atoms. The van der Waals surface area contributed by atoms with E-state index in [1.165, 1.54) is 0 Å². The number of amides is 3. The number of primary amides is 1. The minimum atomic E-state index is -0.764. The predicted octanol–water partition coefficient (Wildman–Crippen LogP) is -0.0389. The van der Waals surface area contributed by atoms with Crippen LogP contribution in [0.2, 0.25) is 0 Å². The van der Waals surface area contributed by atoms with Gasteiger partial charge in [0.15, 0.2) is 0 Å². The number of hydrogen-bond donors (Lipinski definition) is 3. The molecule has 1 rings (SSSR count). The summed E-state index contributed by atoms with van der Waals surface area (Å²) in [5.41, 5.74) is 4.82. The van der Waals surface area contributed by atoms with Crippen molar-refractivity contribution in [2.45, 2.75) is 25.7 Å². The Morgan fingerprint density at radius 1 is 1.36 bits per heavy atom. The van der Waals surface area contributed by atoms with Gasteiger partial charge in [-0.1, -0.05) is 0 Å². The molecule has 0 spiro atoms. The molecule has 1 aliphatic heterocycles. The highest BCUT2D eigenvalue weighted by Crippen LogP contribution is 2.17. The fourth-order valence-corrected chi connectivity index (χ4v) is 1.71. The van der Waals surface area contributed by atoms with Crippen molar-refractivity contribution >= 4 is 11.9 Å². The molecule has 1 heterocycles. The molecule has 0 radical (unpaired) electrons. The average molecular weight is 199 g/mol. The Morgan fingerprint density at radius 2 is 2.00 bits per heavy atom. The predicted molar refractivity (Wildman–Crippen MR) is 52.6 cm³/mol. The second-order valence-corrected chi connectivity index (χ2v) is 3.64. The molecular weight excluding hydrogens is 182 g/mol. The highest BCUT2D eigenvalue weighted by molar-refractivity contribution is 5.93. The van der Waals surface area contributed by atoms with Gasteiger partial charge in [-0.3, -0.25) is 10.1 Å². The topological polar surface area (TPSA) is 84.2 Å². The average Bonchev–Trinajstić information content (AvgIpc) is 2.15. The first kappa shape index (κ1) is 11.0. The number of imide groups is 1. The number of nitrogens with one attached hydrogen (secondary N) is 2. The second-order valence-electron chi connectivity index (χ2n) is 3.64. The lowest BCUT2D eigenvalue weighted by molar-refractivity contribution is -0.120. The molecule has 0 saturated carbocycles. The van der Waals surface area contributed by atoms with E-state index in [0.717, 1.165) is 32.4 Å². The van der Waals surface area contributed by atoms with E-state index in [1.54, 1.807) is 0 Å². The fraction of sp³-hybridized carbons (Fsp3) is 0.778. The number of carbonyl (C=O) groups excluding carboxylic acids is 2. The second kappa shape index (κ2) is 5.59. The summed E-state index contributed by atoms with van der Waals surface area (Å²) in [6.45, 7) is 2.06. The van der Waals surface area contributed by atoms with Crippen molar-refractivity contribution in [2.75, 3.05) is 13.1 Å². The Hall–Kier alpha value is -1.10. The monoisotopic (exact) mass is 199 g/mol. The van der Waals surface area contributed by atoms with E-state index in [4.69, 9.17) is 5.73 Å². The molecule has 3 amide bonds. The van der Waals surface area contributed by atoms with Gasteiger partial charge < -0.3 is 11.1 Å². The molecule has 0 aromatic carbocycles. The van der Waals surface area contributed by atoms with Gasteiger partial charge in [-0.05, 0) is 38.3 Å². The summed E-state index contributed by atoms with van der Waals surface area (Å²) in [7, 11) is 0. The lowest BCUT2D eigenvalue weighted by Gasteiger charge is -2.21. The third-order valence-electron chi connectivity index (χ3n) is 2.50. The summed E-state index contributed by atoms with van der Waals surface area (Å²) in [5.74, 6) is 0.339. The Balaban J connectivity index is 2.12. The van der Waals surface area contributed by atoms with Crippen LogP contribution in [0.5, 0.6) is 0 Å². The van der Waals surface area contributed by atoms with Crippen molar-refractivity contribution in [3.8, 4) is 0 Å². The van der Waals surface area contributed by atoms with Gasteiger partial charge in [0.1, 0.15) is 0 Å². The van der Waals surface area contributed by atoms with E-state index >= 15 is 0 Å². The zero-order valence-electron chi connectivity index (χ0n) is 8.21. The van der Waals surface area contributed by atoms with Crippen molar-refractivity contribution < 1.29 is 9.59 Å². The molecule has 0 aromatic rings. The van der Waals surface area contributed by atoms with Crippen molar-refractivity contribution in [1.82, 2.24) is 10.6 Å². The molecule has 1 saturated heterocycles. The Morgan fingerprint density at radius 3 is 2.57 bits per heavy atom. The fourth-order valence-electron chi connectivity index (χ4n) is 1.71. The highest BCUT2D eigenvalue weighted by atomic mass is 16.2. The van der Waals surface area contributed by atoms with E-state index in [1.807, 2.05) is 0 Å². The normalized spacial score (nSPS) is 17.7. The van der Waals surface area contributed by atoms with Gasteiger partial charge in [0.25, 0.3) is 0 Å². The first-order chi connectivity index (χ1) is 6.68. The van der Waals surface area contributed by atoms with Crippen LogP contribution in [-0.2, 0) is 4.79 Å². The summed E-state index contributed by atoms with van der Waals surface area (Å²) >= 11 is 0. The Kier molecular flexibility index (Phi) is 4.39. The van der Waals surface area contributed by atoms with Crippen LogP contribution in [0.4, 0.5) is 4.79 Å². The van der Waals surface area contributed by atoms with Crippen molar-refractivity contribution in [1.29, 1.82) is 0 Å². The third-order valence-corrected chi connectivity index (χ3v) is 2.50. The van der Waals surface area contributed by atoms with E-state index in [9.17, 15) is 9.59 Å². The molecule has 5 heteroatoms. The van der Waals surface area contributed by atoms with Crippen molar-refractivity contribution in [3.63, 3.8) is 0 Å².